The molecular formula is C14H23NO. The van der Waals surface area contributed by atoms with Crippen molar-refractivity contribution in [2.24, 2.45) is 5.73 Å². The van der Waals surface area contributed by atoms with E-state index >= 15 is 0 Å². The van der Waals surface area contributed by atoms with E-state index in [9.17, 15) is 5.11 Å². The molecule has 0 aliphatic heterocycles. The van der Waals surface area contributed by atoms with E-state index in [-0.39, 0.29) is 6.04 Å². The number of phenols is 1. The first kappa shape index (κ1) is 13.0. The Morgan fingerprint density at radius 3 is 2.06 bits per heavy atom. The van der Waals surface area contributed by atoms with Gasteiger partial charge in [-0.3, -0.25) is 0 Å². The van der Waals surface area contributed by atoms with Crippen molar-refractivity contribution in [3.05, 3.63) is 28.3 Å². The highest BCUT2D eigenvalue weighted by Crippen LogP contribution is 2.33. The molecule has 0 spiro atoms. The molecule has 0 saturated carbocycles. The predicted molar refractivity (Wildman–Crippen MR) is 68.8 cm³/mol. The van der Waals surface area contributed by atoms with E-state index in [1.807, 2.05) is 13.0 Å². The number of aromatic hydroxyl groups is 1. The molecule has 1 aromatic carbocycles. The van der Waals surface area contributed by atoms with E-state index in [1.165, 1.54) is 16.7 Å². The lowest BCUT2D eigenvalue weighted by molar-refractivity contribution is 0.461. The molecule has 0 radical (unpaired) electrons. The van der Waals surface area contributed by atoms with Gasteiger partial charge in [0.05, 0.1) is 0 Å². The van der Waals surface area contributed by atoms with Crippen LogP contribution in [0, 0.1) is 0 Å². The van der Waals surface area contributed by atoms with Gasteiger partial charge in [-0.1, -0.05) is 20.8 Å². The van der Waals surface area contributed by atoms with Gasteiger partial charge in [0.2, 0.25) is 0 Å². The quantitative estimate of drug-likeness (QED) is 0.820. The van der Waals surface area contributed by atoms with E-state index < -0.39 is 0 Å². The summed E-state index contributed by atoms with van der Waals surface area (Å²) < 4.78 is 0. The first-order valence-electron chi connectivity index (χ1n) is 6.18. The lowest BCUT2D eigenvalue weighted by Crippen LogP contribution is -2.12. The topological polar surface area (TPSA) is 46.2 Å². The van der Waals surface area contributed by atoms with E-state index in [2.05, 4.69) is 20.8 Å². The van der Waals surface area contributed by atoms with Crippen LogP contribution in [0.4, 0.5) is 0 Å². The minimum Gasteiger partial charge on any atom is -0.508 e. The van der Waals surface area contributed by atoms with Gasteiger partial charge in [0.25, 0.3) is 0 Å². The minimum atomic E-state index is -0.105. The Hall–Kier alpha value is -1.02. The van der Waals surface area contributed by atoms with Crippen molar-refractivity contribution < 1.29 is 5.11 Å². The Labute approximate surface area is 98.5 Å². The molecule has 1 rings (SSSR count). The second kappa shape index (κ2) is 5.35. The Bertz CT molecular complexity index is 369. The van der Waals surface area contributed by atoms with E-state index in [4.69, 9.17) is 5.73 Å². The highest BCUT2D eigenvalue weighted by Gasteiger charge is 2.17. The van der Waals surface area contributed by atoms with E-state index in [1.54, 1.807) is 0 Å². The highest BCUT2D eigenvalue weighted by molar-refractivity contribution is 5.50. The Morgan fingerprint density at radius 2 is 1.69 bits per heavy atom. The second-order valence-corrected chi connectivity index (χ2v) is 4.27. The number of phenolic OH excluding ortho intramolecular Hbond substituents is 1. The fraction of sp³-hybridized carbons (Fsp3) is 0.571. The van der Waals surface area contributed by atoms with Crippen LogP contribution in [0.25, 0.3) is 0 Å². The molecule has 90 valence electrons. The van der Waals surface area contributed by atoms with Crippen molar-refractivity contribution in [3.63, 3.8) is 0 Å². The number of benzene rings is 1. The summed E-state index contributed by atoms with van der Waals surface area (Å²) in [5.41, 5.74) is 10.7. The van der Waals surface area contributed by atoms with Crippen LogP contribution < -0.4 is 5.73 Å². The maximum Gasteiger partial charge on any atom is 0.120 e. The van der Waals surface area contributed by atoms with Gasteiger partial charge in [-0.2, -0.15) is 0 Å². The summed E-state index contributed by atoms with van der Waals surface area (Å²) in [6.07, 6.45) is 2.90. The smallest absolute Gasteiger partial charge is 0.120 e. The third-order valence-corrected chi connectivity index (χ3v) is 3.21. The molecule has 2 nitrogen and oxygen atoms in total. The van der Waals surface area contributed by atoms with Gasteiger partial charge in [0, 0.05) is 11.6 Å². The predicted octanol–water partition coefficient (Wildman–Crippen LogP) is 3.10. The maximum absolute atomic E-state index is 10.0. The molecule has 0 aromatic heterocycles. The Morgan fingerprint density at radius 1 is 1.12 bits per heavy atom. The van der Waals surface area contributed by atoms with Crippen molar-refractivity contribution in [2.45, 2.75) is 53.0 Å². The molecule has 0 aliphatic carbocycles. The molecule has 0 aliphatic rings. The standard InChI is InChI=1S/C14H23NO/c1-5-10-8-13(16)14(9(4)15)12(7-3)11(10)6-2/h8-9,16H,5-7,15H2,1-4H3. The van der Waals surface area contributed by atoms with Crippen LogP contribution in [0.3, 0.4) is 0 Å². The first-order valence-corrected chi connectivity index (χ1v) is 6.18. The normalized spacial score (nSPS) is 12.8. The van der Waals surface area contributed by atoms with Crippen LogP contribution in [-0.4, -0.2) is 5.11 Å². The van der Waals surface area contributed by atoms with Crippen molar-refractivity contribution in [1.82, 2.24) is 0 Å². The Balaban J connectivity index is 3.51. The van der Waals surface area contributed by atoms with Crippen LogP contribution in [-0.2, 0) is 19.3 Å². The van der Waals surface area contributed by atoms with Crippen LogP contribution in [0.2, 0.25) is 0 Å². The zero-order valence-electron chi connectivity index (χ0n) is 10.8. The molecule has 1 aromatic rings. The minimum absolute atomic E-state index is 0.105. The monoisotopic (exact) mass is 221 g/mol. The lowest BCUT2D eigenvalue weighted by atomic mass is 9.88. The summed E-state index contributed by atoms with van der Waals surface area (Å²) in [5.74, 6) is 0.362. The van der Waals surface area contributed by atoms with Gasteiger partial charge in [-0.15, -0.1) is 0 Å². The molecule has 0 saturated heterocycles. The molecular weight excluding hydrogens is 198 g/mol. The molecule has 16 heavy (non-hydrogen) atoms. The van der Waals surface area contributed by atoms with Gasteiger partial charge < -0.3 is 10.8 Å². The molecule has 1 atom stereocenters. The largest absolute Gasteiger partial charge is 0.508 e. The second-order valence-electron chi connectivity index (χ2n) is 4.27. The van der Waals surface area contributed by atoms with Crippen molar-refractivity contribution >= 4 is 0 Å². The highest BCUT2D eigenvalue weighted by atomic mass is 16.3. The van der Waals surface area contributed by atoms with E-state index in [0.717, 1.165) is 24.8 Å². The SMILES string of the molecule is CCc1cc(O)c(C(C)N)c(CC)c1CC. The van der Waals surface area contributed by atoms with Crippen molar-refractivity contribution in [3.8, 4) is 5.75 Å². The third kappa shape index (κ3) is 2.22. The summed E-state index contributed by atoms with van der Waals surface area (Å²) in [5, 5.41) is 10.0. The summed E-state index contributed by atoms with van der Waals surface area (Å²) in [7, 11) is 0. The van der Waals surface area contributed by atoms with Gasteiger partial charge in [-0.05, 0) is 48.9 Å². The molecule has 3 N–H and O–H groups in total. The van der Waals surface area contributed by atoms with Crippen molar-refractivity contribution in [1.29, 1.82) is 0 Å². The molecule has 1 unspecified atom stereocenters. The van der Waals surface area contributed by atoms with Crippen LogP contribution in [0.15, 0.2) is 6.07 Å². The molecule has 0 heterocycles. The zero-order chi connectivity index (χ0) is 12.3. The molecule has 0 amide bonds. The number of hydrogen-bond acceptors (Lipinski definition) is 2. The van der Waals surface area contributed by atoms with E-state index in [0.29, 0.717) is 5.75 Å². The maximum atomic E-state index is 10.0. The number of rotatable bonds is 4. The third-order valence-electron chi connectivity index (χ3n) is 3.21. The summed E-state index contributed by atoms with van der Waals surface area (Å²) in [4.78, 5) is 0. The fourth-order valence-corrected chi connectivity index (χ4v) is 2.51. The van der Waals surface area contributed by atoms with Gasteiger partial charge in [0.15, 0.2) is 0 Å². The summed E-state index contributed by atoms with van der Waals surface area (Å²) in [6.45, 7) is 8.34. The fourth-order valence-electron chi connectivity index (χ4n) is 2.51. The summed E-state index contributed by atoms with van der Waals surface area (Å²) >= 11 is 0. The van der Waals surface area contributed by atoms with Gasteiger partial charge >= 0.3 is 0 Å². The number of nitrogens with two attached hydrogens (primary N) is 1. The molecule has 2 heteroatoms. The molecule has 0 fully saturated rings. The number of hydrogen-bond donors (Lipinski definition) is 2. The van der Waals surface area contributed by atoms with Crippen LogP contribution in [0.5, 0.6) is 5.75 Å². The van der Waals surface area contributed by atoms with Crippen molar-refractivity contribution in [2.75, 3.05) is 0 Å². The summed E-state index contributed by atoms with van der Waals surface area (Å²) in [6, 6.07) is 1.78. The molecule has 0 bridgehead atoms. The van der Waals surface area contributed by atoms with Gasteiger partial charge in [-0.25, -0.2) is 0 Å². The van der Waals surface area contributed by atoms with Crippen LogP contribution in [0.1, 0.15) is 56.0 Å². The number of aryl methyl sites for hydroxylation is 1. The lowest BCUT2D eigenvalue weighted by Gasteiger charge is -2.20. The Kier molecular flexibility index (Phi) is 4.36. The first-order chi connectivity index (χ1) is 7.56. The average Bonchev–Trinajstić information content (AvgIpc) is 2.26. The van der Waals surface area contributed by atoms with Crippen LogP contribution >= 0.6 is 0 Å². The average molecular weight is 221 g/mol. The van der Waals surface area contributed by atoms with Gasteiger partial charge in [0.1, 0.15) is 5.75 Å². The zero-order valence-corrected chi connectivity index (χ0v) is 10.8.